The Kier molecular flexibility index (Phi) is 4.93. The molecule has 116 valence electrons. The van der Waals surface area contributed by atoms with Crippen LogP contribution in [0.3, 0.4) is 0 Å². The van der Waals surface area contributed by atoms with Gasteiger partial charge in [-0.25, -0.2) is 8.78 Å². The number of aliphatic hydroxyl groups excluding tert-OH is 1. The third-order valence-corrected chi connectivity index (χ3v) is 4.06. The summed E-state index contributed by atoms with van der Waals surface area (Å²) in [5.41, 5.74) is 0.276. The lowest BCUT2D eigenvalue weighted by Gasteiger charge is -2.21. The number of carbonyl (C=O) groups is 1. The Hall–Kier alpha value is -1.49. The van der Waals surface area contributed by atoms with E-state index in [0.29, 0.717) is 12.8 Å². The number of halogens is 2. The van der Waals surface area contributed by atoms with Crippen molar-refractivity contribution < 1.29 is 18.7 Å². The SMILES string of the molecule is CC(C)C(CCO)NC(=O)C1CC1c1cc(F)ccc1F. The highest BCUT2D eigenvalue weighted by atomic mass is 19.1. The fourth-order valence-corrected chi connectivity index (χ4v) is 2.63. The minimum Gasteiger partial charge on any atom is -0.396 e. The van der Waals surface area contributed by atoms with Crippen molar-refractivity contribution in [3.05, 3.63) is 35.4 Å². The summed E-state index contributed by atoms with van der Waals surface area (Å²) >= 11 is 0. The molecule has 21 heavy (non-hydrogen) atoms. The van der Waals surface area contributed by atoms with E-state index in [1.54, 1.807) is 0 Å². The molecule has 0 spiro atoms. The van der Waals surface area contributed by atoms with Gasteiger partial charge in [0.25, 0.3) is 0 Å². The van der Waals surface area contributed by atoms with Gasteiger partial charge in [0.15, 0.2) is 0 Å². The van der Waals surface area contributed by atoms with Crippen molar-refractivity contribution in [2.24, 2.45) is 11.8 Å². The maximum absolute atomic E-state index is 13.7. The molecular weight excluding hydrogens is 276 g/mol. The molecule has 0 bridgehead atoms. The van der Waals surface area contributed by atoms with Crippen LogP contribution in [0.2, 0.25) is 0 Å². The maximum Gasteiger partial charge on any atom is 0.223 e. The van der Waals surface area contributed by atoms with Gasteiger partial charge in [-0.3, -0.25) is 4.79 Å². The van der Waals surface area contributed by atoms with Crippen LogP contribution >= 0.6 is 0 Å². The van der Waals surface area contributed by atoms with Gasteiger partial charge in [0.1, 0.15) is 11.6 Å². The van der Waals surface area contributed by atoms with E-state index in [1.165, 1.54) is 6.07 Å². The van der Waals surface area contributed by atoms with Crippen LogP contribution in [-0.2, 0) is 4.79 Å². The van der Waals surface area contributed by atoms with Crippen LogP contribution < -0.4 is 5.32 Å². The normalized spacial score (nSPS) is 22.2. The van der Waals surface area contributed by atoms with Gasteiger partial charge >= 0.3 is 0 Å². The number of hydrogen-bond donors (Lipinski definition) is 2. The molecule has 0 saturated heterocycles. The molecule has 0 radical (unpaired) electrons. The second kappa shape index (κ2) is 6.52. The average molecular weight is 297 g/mol. The van der Waals surface area contributed by atoms with Crippen molar-refractivity contribution in [2.45, 2.75) is 38.6 Å². The Balaban J connectivity index is 1.99. The van der Waals surface area contributed by atoms with Gasteiger partial charge in [0.05, 0.1) is 0 Å². The molecule has 0 heterocycles. The number of hydrogen-bond acceptors (Lipinski definition) is 2. The third-order valence-electron chi connectivity index (χ3n) is 4.06. The largest absolute Gasteiger partial charge is 0.396 e. The van der Waals surface area contributed by atoms with Crippen molar-refractivity contribution in [2.75, 3.05) is 6.61 Å². The quantitative estimate of drug-likeness (QED) is 0.848. The standard InChI is InChI=1S/C16H21F2NO2/c1-9(2)15(5-6-20)19-16(21)13-8-11(13)12-7-10(17)3-4-14(12)18/h3-4,7,9,11,13,15,20H,5-6,8H2,1-2H3,(H,19,21). The Bertz CT molecular complexity index is 519. The molecule has 3 unspecified atom stereocenters. The van der Waals surface area contributed by atoms with Crippen molar-refractivity contribution in [3.63, 3.8) is 0 Å². The molecule has 1 aliphatic rings. The predicted molar refractivity (Wildman–Crippen MR) is 75.7 cm³/mol. The Morgan fingerprint density at radius 3 is 2.76 bits per heavy atom. The van der Waals surface area contributed by atoms with E-state index in [9.17, 15) is 13.6 Å². The van der Waals surface area contributed by atoms with Gasteiger partial charge in [0.2, 0.25) is 5.91 Å². The molecule has 1 saturated carbocycles. The molecule has 2 rings (SSSR count). The van der Waals surface area contributed by atoms with Crippen molar-refractivity contribution in [3.8, 4) is 0 Å². The molecule has 3 nitrogen and oxygen atoms in total. The molecular formula is C16H21F2NO2. The monoisotopic (exact) mass is 297 g/mol. The summed E-state index contributed by atoms with van der Waals surface area (Å²) in [6.45, 7) is 3.95. The molecule has 1 aliphatic carbocycles. The summed E-state index contributed by atoms with van der Waals surface area (Å²) in [6, 6.07) is 3.24. The van der Waals surface area contributed by atoms with E-state index in [-0.39, 0.29) is 41.9 Å². The van der Waals surface area contributed by atoms with Crippen molar-refractivity contribution in [1.29, 1.82) is 0 Å². The van der Waals surface area contributed by atoms with Crippen LogP contribution in [0.4, 0.5) is 8.78 Å². The molecule has 0 aliphatic heterocycles. The number of amides is 1. The van der Waals surface area contributed by atoms with Gasteiger partial charge in [-0.2, -0.15) is 0 Å². The highest BCUT2D eigenvalue weighted by Crippen LogP contribution is 2.48. The summed E-state index contributed by atoms with van der Waals surface area (Å²) < 4.78 is 26.9. The van der Waals surface area contributed by atoms with Gasteiger partial charge in [-0.15, -0.1) is 0 Å². The van der Waals surface area contributed by atoms with E-state index in [0.717, 1.165) is 12.1 Å². The highest BCUT2D eigenvalue weighted by Gasteiger charge is 2.45. The maximum atomic E-state index is 13.7. The smallest absolute Gasteiger partial charge is 0.223 e. The van der Waals surface area contributed by atoms with E-state index in [1.807, 2.05) is 13.8 Å². The summed E-state index contributed by atoms with van der Waals surface area (Å²) in [7, 11) is 0. The molecule has 1 aromatic carbocycles. The molecule has 3 atom stereocenters. The fourth-order valence-electron chi connectivity index (χ4n) is 2.63. The van der Waals surface area contributed by atoms with E-state index >= 15 is 0 Å². The number of rotatable bonds is 6. The van der Waals surface area contributed by atoms with Crippen molar-refractivity contribution in [1.82, 2.24) is 5.32 Å². The van der Waals surface area contributed by atoms with Crippen LogP contribution in [0.15, 0.2) is 18.2 Å². The van der Waals surface area contributed by atoms with E-state index in [4.69, 9.17) is 5.11 Å². The number of carbonyl (C=O) groups excluding carboxylic acids is 1. The first-order valence-electron chi connectivity index (χ1n) is 7.30. The van der Waals surface area contributed by atoms with E-state index < -0.39 is 11.6 Å². The summed E-state index contributed by atoms with van der Waals surface area (Å²) in [6.07, 6.45) is 1.03. The molecule has 1 fully saturated rings. The Labute approximate surface area is 123 Å². The zero-order chi connectivity index (χ0) is 15.6. The van der Waals surface area contributed by atoms with E-state index in [2.05, 4.69) is 5.32 Å². The molecule has 1 aromatic rings. The van der Waals surface area contributed by atoms with Crippen LogP contribution in [-0.4, -0.2) is 23.7 Å². The zero-order valence-corrected chi connectivity index (χ0v) is 12.3. The second-order valence-electron chi connectivity index (χ2n) is 5.99. The third kappa shape index (κ3) is 3.79. The predicted octanol–water partition coefficient (Wildman–Crippen LogP) is 2.59. The first-order valence-corrected chi connectivity index (χ1v) is 7.30. The molecule has 2 N–H and O–H groups in total. The molecule has 0 aromatic heterocycles. The number of aliphatic hydroxyl groups is 1. The Morgan fingerprint density at radius 2 is 2.14 bits per heavy atom. The summed E-state index contributed by atoms with van der Waals surface area (Å²) in [5, 5.41) is 11.9. The first kappa shape index (κ1) is 15.9. The summed E-state index contributed by atoms with van der Waals surface area (Å²) in [4.78, 5) is 12.2. The first-order chi connectivity index (χ1) is 9.93. The Morgan fingerprint density at radius 1 is 1.43 bits per heavy atom. The van der Waals surface area contributed by atoms with Crippen LogP contribution in [0, 0.1) is 23.5 Å². The minimum atomic E-state index is -0.488. The number of nitrogens with one attached hydrogen (secondary N) is 1. The van der Waals surface area contributed by atoms with Gasteiger partial charge in [-0.05, 0) is 48.4 Å². The second-order valence-corrected chi connectivity index (χ2v) is 5.99. The lowest BCUT2D eigenvalue weighted by atomic mass is 10.0. The lowest BCUT2D eigenvalue weighted by Crippen LogP contribution is -2.40. The van der Waals surface area contributed by atoms with Gasteiger partial charge in [0, 0.05) is 18.6 Å². The lowest BCUT2D eigenvalue weighted by molar-refractivity contribution is -0.123. The molecule has 5 heteroatoms. The van der Waals surface area contributed by atoms with Gasteiger partial charge in [-0.1, -0.05) is 13.8 Å². The summed E-state index contributed by atoms with van der Waals surface area (Å²) in [5.74, 6) is -1.44. The van der Waals surface area contributed by atoms with Crippen LogP contribution in [0.5, 0.6) is 0 Å². The number of benzene rings is 1. The van der Waals surface area contributed by atoms with Crippen LogP contribution in [0.1, 0.15) is 38.2 Å². The highest BCUT2D eigenvalue weighted by molar-refractivity contribution is 5.83. The van der Waals surface area contributed by atoms with Crippen molar-refractivity contribution >= 4 is 5.91 Å². The van der Waals surface area contributed by atoms with Crippen LogP contribution in [0.25, 0.3) is 0 Å². The average Bonchev–Trinajstić information content (AvgIpc) is 3.21. The molecule has 1 amide bonds. The minimum absolute atomic E-state index is 0.00967. The fraction of sp³-hybridized carbons (Fsp3) is 0.562. The topological polar surface area (TPSA) is 49.3 Å². The van der Waals surface area contributed by atoms with Gasteiger partial charge < -0.3 is 10.4 Å². The zero-order valence-electron chi connectivity index (χ0n) is 12.3.